The minimum atomic E-state index is 0. The van der Waals surface area contributed by atoms with Crippen LogP contribution in [0.3, 0.4) is 0 Å². The minimum absolute atomic E-state index is 0. The number of nitrogens with one attached hydrogen (secondary N) is 1. The highest BCUT2D eigenvalue weighted by Crippen LogP contribution is 2.27. The lowest BCUT2D eigenvalue weighted by Crippen LogP contribution is -2.30. The summed E-state index contributed by atoms with van der Waals surface area (Å²) in [5, 5.41) is 5.23. The lowest BCUT2D eigenvalue weighted by Gasteiger charge is -2.29. The molecule has 1 aromatic heterocycles. The number of hydrogen-bond donors (Lipinski definition) is 1. The molecule has 136 valence electrons. The van der Waals surface area contributed by atoms with E-state index in [9.17, 15) is 0 Å². The Morgan fingerprint density at radius 3 is 2.42 bits per heavy atom. The number of fused-ring (bicyclic) bond motifs is 1. The monoisotopic (exact) mass is 388 g/mol. The Morgan fingerprint density at radius 1 is 0.923 bits per heavy atom. The van der Waals surface area contributed by atoms with Crippen LogP contribution in [0.15, 0.2) is 48.5 Å². The molecule has 4 rings (SSSR count). The second-order valence-electron chi connectivity index (χ2n) is 6.42. The molecule has 2 aromatic carbocycles. The third-order valence-electron chi connectivity index (χ3n) is 4.60. The molecule has 0 aliphatic carbocycles. The van der Waals surface area contributed by atoms with Crippen molar-refractivity contribution in [2.75, 3.05) is 23.3 Å². The van der Waals surface area contributed by atoms with Crippen LogP contribution in [0.2, 0.25) is 5.02 Å². The first-order valence-electron chi connectivity index (χ1n) is 8.80. The number of para-hydroxylation sites is 1. The summed E-state index contributed by atoms with van der Waals surface area (Å²) in [5.74, 6) is 1.72. The zero-order chi connectivity index (χ0) is 17.1. The van der Waals surface area contributed by atoms with Crippen LogP contribution in [-0.2, 0) is 6.54 Å². The van der Waals surface area contributed by atoms with Gasteiger partial charge in [-0.05, 0) is 49.1 Å². The van der Waals surface area contributed by atoms with Gasteiger partial charge in [0.15, 0.2) is 0 Å². The molecule has 0 unspecified atom stereocenters. The number of piperidine rings is 1. The number of nitrogens with zero attached hydrogens (tertiary/aromatic N) is 3. The molecule has 0 radical (unpaired) electrons. The van der Waals surface area contributed by atoms with Crippen LogP contribution in [-0.4, -0.2) is 23.1 Å². The second kappa shape index (κ2) is 8.56. The number of aromatic nitrogens is 2. The number of anilines is 2. The summed E-state index contributed by atoms with van der Waals surface area (Å²) >= 11 is 5.95. The van der Waals surface area contributed by atoms with Crippen molar-refractivity contribution in [1.82, 2.24) is 9.97 Å². The highest BCUT2D eigenvalue weighted by molar-refractivity contribution is 6.30. The molecule has 0 amide bonds. The maximum Gasteiger partial charge on any atom is 0.225 e. The van der Waals surface area contributed by atoms with Gasteiger partial charge in [0.2, 0.25) is 5.95 Å². The molecule has 4 nitrogen and oxygen atoms in total. The minimum Gasteiger partial charge on any atom is -0.356 e. The highest BCUT2D eigenvalue weighted by Gasteiger charge is 2.16. The van der Waals surface area contributed by atoms with E-state index >= 15 is 0 Å². The van der Waals surface area contributed by atoms with E-state index in [0.29, 0.717) is 12.5 Å². The Kier molecular flexibility index (Phi) is 6.17. The van der Waals surface area contributed by atoms with Gasteiger partial charge in [-0.25, -0.2) is 4.98 Å². The van der Waals surface area contributed by atoms with E-state index in [1.165, 1.54) is 19.3 Å². The molecule has 0 spiro atoms. The van der Waals surface area contributed by atoms with Crippen molar-refractivity contribution in [2.45, 2.75) is 25.8 Å². The first kappa shape index (κ1) is 18.7. The smallest absolute Gasteiger partial charge is 0.225 e. The molecular weight excluding hydrogens is 367 g/mol. The predicted molar refractivity (Wildman–Crippen MR) is 112 cm³/mol. The second-order valence-corrected chi connectivity index (χ2v) is 6.85. The van der Waals surface area contributed by atoms with Crippen molar-refractivity contribution in [1.29, 1.82) is 0 Å². The largest absolute Gasteiger partial charge is 0.356 e. The average molecular weight is 389 g/mol. The zero-order valence-electron chi connectivity index (χ0n) is 14.5. The van der Waals surface area contributed by atoms with Crippen molar-refractivity contribution in [3.05, 3.63) is 59.1 Å². The molecule has 1 aliphatic rings. The average Bonchev–Trinajstić information content (AvgIpc) is 2.67. The molecule has 6 heteroatoms. The lowest BCUT2D eigenvalue weighted by molar-refractivity contribution is 0.574. The molecule has 26 heavy (non-hydrogen) atoms. The van der Waals surface area contributed by atoms with Crippen LogP contribution < -0.4 is 10.2 Å². The Labute approximate surface area is 165 Å². The predicted octanol–water partition coefficient (Wildman–Crippen LogP) is 5.31. The topological polar surface area (TPSA) is 41.1 Å². The fraction of sp³-hybridized carbons (Fsp3) is 0.300. The van der Waals surface area contributed by atoms with E-state index in [1.54, 1.807) is 0 Å². The van der Waals surface area contributed by atoms with Gasteiger partial charge < -0.3 is 10.2 Å². The first-order valence-corrected chi connectivity index (χ1v) is 9.17. The number of benzene rings is 2. The third kappa shape index (κ3) is 4.19. The van der Waals surface area contributed by atoms with Gasteiger partial charge in [0.05, 0.1) is 5.52 Å². The van der Waals surface area contributed by atoms with Gasteiger partial charge in [-0.15, -0.1) is 12.4 Å². The van der Waals surface area contributed by atoms with Crippen LogP contribution in [0, 0.1) is 0 Å². The summed E-state index contributed by atoms with van der Waals surface area (Å²) in [6, 6.07) is 16.1. The molecule has 3 aromatic rings. The Hall–Kier alpha value is -2.04. The molecule has 1 N–H and O–H groups in total. The van der Waals surface area contributed by atoms with Gasteiger partial charge in [-0.1, -0.05) is 35.9 Å². The fourth-order valence-electron chi connectivity index (χ4n) is 3.27. The summed E-state index contributed by atoms with van der Waals surface area (Å²) in [5.41, 5.74) is 2.14. The van der Waals surface area contributed by atoms with E-state index in [2.05, 4.69) is 33.4 Å². The summed E-state index contributed by atoms with van der Waals surface area (Å²) in [4.78, 5) is 11.9. The quantitative estimate of drug-likeness (QED) is 0.657. The molecule has 0 bridgehead atoms. The molecule has 1 fully saturated rings. The van der Waals surface area contributed by atoms with Crippen molar-refractivity contribution < 1.29 is 0 Å². The van der Waals surface area contributed by atoms with E-state index in [0.717, 1.165) is 40.4 Å². The van der Waals surface area contributed by atoms with E-state index in [1.807, 2.05) is 30.3 Å². The van der Waals surface area contributed by atoms with Crippen molar-refractivity contribution in [3.63, 3.8) is 0 Å². The van der Waals surface area contributed by atoms with Crippen molar-refractivity contribution >= 4 is 46.7 Å². The standard InChI is InChI=1S/C20H21ClN4.ClH/c21-16-10-8-15(9-11-16)14-22-20-23-18-7-3-2-6-17(18)19(24-20)25-12-4-1-5-13-25;/h2-3,6-11H,1,4-5,12-14H2,(H,22,23,24);1H. The molecule has 2 heterocycles. The van der Waals surface area contributed by atoms with E-state index in [-0.39, 0.29) is 12.4 Å². The van der Waals surface area contributed by atoms with Crippen molar-refractivity contribution in [3.8, 4) is 0 Å². The van der Waals surface area contributed by atoms with Gasteiger partial charge in [0.25, 0.3) is 0 Å². The van der Waals surface area contributed by atoms with Crippen LogP contribution in [0.5, 0.6) is 0 Å². The molecule has 1 saturated heterocycles. The molecule has 0 atom stereocenters. The summed E-state index contributed by atoms with van der Waals surface area (Å²) < 4.78 is 0. The van der Waals surface area contributed by atoms with Crippen LogP contribution >= 0.6 is 24.0 Å². The fourth-order valence-corrected chi connectivity index (χ4v) is 3.40. The first-order chi connectivity index (χ1) is 12.3. The summed E-state index contributed by atoms with van der Waals surface area (Å²) in [7, 11) is 0. The molecular formula is C20H22Cl2N4. The lowest BCUT2D eigenvalue weighted by atomic mass is 10.1. The number of halogens is 2. The van der Waals surface area contributed by atoms with E-state index in [4.69, 9.17) is 16.6 Å². The SMILES string of the molecule is Cl.Clc1ccc(CNc2nc(N3CCCCC3)c3ccccc3n2)cc1. The van der Waals surface area contributed by atoms with Crippen LogP contribution in [0.1, 0.15) is 24.8 Å². The Balaban J connectivity index is 0.00000196. The molecule has 1 aliphatic heterocycles. The summed E-state index contributed by atoms with van der Waals surface area (Å²) in [6.07, 6.45) is 3.76. The van der Waals surface area contributed by atoms with Crippen LogP contribution in [0.4, 0.5) is 11.8 Å². The van der Waals surface area contributed by atoms with Gasteiger partial charge in [-0.2, -0.15) is 4.98 Å². The summed E-state index contributed by atoms with van der Waals surface area (Å²) in [6.45, 7) is 2.81. The van der Waals surface area contributed by atoms with Crippen molar-refractivity contribution in [2.24, 2.45) is 0 Å². The molecule has 0 saturated carbocycles. The Morgan fingerprint density at radius 2 is 1.65 bits per heavy atom. The van der Waals surface area contributed by atoms with Gasteiger partial charge in [0, 0.05) is 30.0 Å². The van der Waals surface area contributed by atoms with Gasteiger partial charge in [-0.3, -0.25) is 0 Å². The normalized spacial score (nSPS) is 14.1. The van der Waals surface area contributed by atoms with Gasteiger partial charge in [0.1, 0.15) is 5.82 Å². The zero-order valence-corrected chi connectivity index (χ0v) is 16.1. The van der Waals surface area contributed by atoms with E-state index < -0.39 is 0 Å². The third-order valence-corrected chi connectivity index (χ3v) is 4.85. The number of rotatable bonds is 4. The van der Waals surface area contributed by atoms with Crippen LogP contribution in [0.25, 0.3) is 10.9 Å². The highest BCUT2D eigenvalue weighted by atomic mass is 35.5. The Bertz CT molecular complexity index is 861. The maximum absolute atomic E-state index is 5.95. The maximum atomic E-state index is 5.95. The number of hydrogen-bond acceptors (Lipinski definition) is 4. The van der Waals surface area contributed by atoms with Gasteiger partial charge >= 0.3 is 0 Å².